The van der Waals surface area contributed by atoms with E-state index < -0.39 is 0 Å². The monoisotopic (exact) mass is 271 g/mol. The van der Waals surface area contributed by atoms with E-state index in [0.29, 0.717) is 5.56 Å². The Labute approximate surface area is 117 Å². The van der Waals surface area contributed by atoms with Gasteiger partial charge in [-0.25, -0.2) is 0 Å². The molecule has 1 unspecified atom stereocenters. The SMILES string of the molecule is CC(N[C@@H](C)c1ccncc1)c1ccccc1[N+](=O)[O-]. The number of nitro benzene ring substituents is 1. The van der Waals surface area contributed by atoms with Crippen LogP contribution >= 0.6 is 0 Å². The highest BCUT2D eigenvalue weighted by atomic mass is 16.6. The largest absolute Gasteiger partial charge is 0.303 e. The second-order valence-electron chi connectivity index (χ2n) is 4.71. The van der Waals surface area contributed by atoms with Gasteiger partial charge < -0.3 is 5.32 Å². The minimum absolute atomic E-state index is 0.0906. The summed E-state index contributed by atoms with van der Waals surface area (Å²) in [7, 11) is 0. The summed E-state index contributed by atoms with van der Waals surface area (Å²) in [5.41, 5.74) is 1.94. The molecule has 1 heterocycles. The zero-order chi connectivity index (χ0) is 14.5. The van der Waals surface area contributed by atoms with Gasteiger partial charge in [0.1, 0.15) is 0 Å². The van der Waals surface area contributed by atoms with E-state index >= 15 is 0 Å². The highest BCUT2D eigenvalue weighted by Gasteiger charge is 2.19. The Morgan fingerprint density at radius 1 is 1.10 bits per heavy atom. The predicted molar refractivity (Wildman–Crippen MR) is 77.3 cm³/mol. The summed E-state index contributed by atoms with van der Waals surface area (Å²) in [5, 5.41) is 14.4. The van der Waals surface area contributed by atoms with E-state index in [1.165, 1.54) is 6.07 Å². The van der Waals surface area contributed by atoms with Crippen molar-refractivity contribution in [2.24, 2.45) is 0 Å². The molecule has 0 saturated carbocycles. The molecular formula is C15H17N3O2. The van der Waals surface area contributed by atoms with Crippen molar-refractivity contribution in [2.75, 3.05) is 0 Å². The van der Waals surface area contributed by atoms with Gasteiger partial charge in [0, 0.05) is 36.1 Å². The normalized spacial score (nSPS) is 13.7. The van der Waals surface area contributed by atoms with Crippen LogP contribution in [0.1, 0.15) is 37.1 Å². The van der Waals surface area contributed by atoms with Crippen molar-refractivity contribution in [3.05, 3.63) is 70.0 Å². The van der Waals surface area contributed by atoms with E-state index in [-0.39, 0.29) is 22.7 Å². The van der Waals surface area contributed by atoms with E-state index in [9.17, 15) is 10.1 Å². The minimum atomic E-state index is -0.343. The Bertz CT molecular complexity index is 587. The molecule has 0 fully saturated rings. The predicted octanol–water partition coefficient (Wildman–Crippen LogP) is 3.40. The maximum absolute atomic E-state index is 11.1. The van der Waals surface area contributed by atoms with Gasteiger partial charge in [0.15, 0.2) is 0 Å². The first-order valence-electron chi connectivity index (χ1n) is 6.49. The van der Waals surface area contributed by atoms with E-state index in [4.69, 9.17) is 0 Å². The number of benzene rings is 1. The summed E-state index contributed by atoms with van der Waals surface area (Å²) in [6, 6.07) is 10.7. The molecule has 0 aliphatic rings. The van der Waals surface area contributed by atoms with Crippen LogP contribution in [0.15, 0.2) is 48.8 Å². The zero-order valence-electron chi connectivity index (χ0n) is 11.5. The third-order valence-electron chi connectivity index (χ3n) is 3.31. The van der Waals surface area contributed by atoms with Crippen molar-refractivity contribution in [3.8, 4) is 0 Å². The molecule has 104 valence electrons. The number of aromatic nitrogens is 1. The summed E-state index contributed by atoms with van der Waals surface area (Å²) in [4.78, 5) is 14.7. The van der Waals surface area contributed by atoms with Gasteiger partial charge >= 0.3 is 0 Å². The number of hydrogen-bond donors (Lipinski definition) is 1. The Hall–Kier alpha value is -2.27. The summed E-state index contributed by atoms with van der Waals surface area (Å²) >= 11 is 0. The smallest absolute Gasteiger partial charge is 0.274 e. The first-order valence-corrected chi connectivity index (χ1v) is 6.49. The van der Waals surface area contributed by atoms with Gasteiger partial charge in [0.2, 0.25) is 0 Å². The molecule has 20 heavy (non-hydrogen) atoms. The van der Waals surface area contributed by atoms with Gasteiger partial charge in [-0.2, -0.15) is 0 Å². The number of nitro groups is 1. The third-order valence-corrected chi connectivity index (χ3v) is 3.31. The van der Waals surface area contributed by atoms with Gasteiger partial charge in [-0.3, -0.25) is 15.1 Å². The molecule has 2 aromatic rings. The molecule has 1 aromatic heterocycles. The number of para-hydroxylation sites is 1. The van der Waals surface area contributed by atoms with Crippen LogP contribution in [0.25, 0.3) is 0 Å². The Morgan fingerprint density at radius 3 is 2.40 bits per heavy atom. The fourth-order valence-corrected chi connectivity index (χ4v) is 2.23. The van der Waals surface area contributed by atoms with E-state index in [0.717, 1.165) is 5.56 Å². The van der Waals surface area contributed by atoms with Crippen molar-refractivity contribution in [2.45, 2.75) is 25.9 Å². The lowest BCUT2D eigenvalue weighted by Crippen LogP contribution is -2.23. The highest BCUT2D eigenvalue weighted by molar-refractivity contribution is 5.41. The summed E-state index contributed by atoms with van der Waals surface area (Å²) in [6.45, 7) is 3.96. The van der Waals surface area contributed by atoms with Crippen LogP contribution in [-0.2, 0) is 0 Å². The van der Waals surface area contributed by atoms with Crippen LogP contribution in [0, 0.1) is 10.1 Å². The van der Waals surface area contributed by atoms with Gasteiger partial charge in [-0.05, 0) is 31.5 Å². The Balaban J connectivity index is 2.16. The zero-order valence-corrected chi connectivity index (χ0v) is 11.5. The summed E-state index contributed by atoms with van der Waals surface area (Å²) in [5.74, 6) is 0. The van der Waals surface area contributed by atoms with E-state index in [1.807, 2.05) is 32.0 Å². The van der Waals surface area contributed by atoms with Gasteiger partial charge in [-0.15, -0.1) is 0 Å². The van der Waals surface area contributed by atoms with Crippen molar-refractivity contribution in [1.29, 1.82) is 0 Å². The second kappa shape index (κ2) is 6.25. The maximum atomic E-state index is 11.1. The first kappa shape index (κ1) is 14.1. The minimum Gasteiger partial charge on any atom is -0.303 e. The molecule has 0 radical (unpaired) electrons. The quantitative estimate of drug-likeness (QED) is 0.668. The molecule has 2 rings (SSSR count). The van der Waals surface area contributed by atoms with Gasteiger partial charge in [-0.1, -0.05) is 18.2 Å². The number of nitrogens with zero attached hydrogens (tertiary/aromatic N) is 2. The molecule has 1 aromatic carbocycles. The molecule has 5 heteroatoms. The summed E-state index contributed by atoms with van der Waals surface area (Å²) < 4.78 is 0. The molecule has 2 atom stereocenters. The molecule has 0 aliphatic carbocycles. The number of rotatable bonds is 5. The average Bonchev–Trinajstić information content (AvgIpc) is 2.48. The fraction of sp³-hybridized carbons (Fsp3) is 0.267. The Kier molecular flexibility index (Phi) is 4.42. The van der Waals surface area contributed by atoms with Gasteiger partial charge in [0.25, 0.3) is 5.69 Å². The fourth-order valence-electron chi connectivity index (χ4n) is 2.23. The lowest BCUT2D eigenvalue weighted by molar-refractivity contribution is -0.385. The second-order valence-corrected chi connectivity index (χ2v) is 4.71. The maximum Gasteiger partial charge on any atom is 0.274 e. The number of pyridine rings is 1. The van der Waals surface area contributed by atoms with E-state index in [1.54, 1.807) is 24.5 Å². The molecule has 0 saturated heterocycles. The van der Waals surface area contributed by atoms with Crippen LogP contribution in [0.4, 0.5) is 5.69 Å². The van der Waals surface area contributed by atoms with Crippen molar-refractivity contribution in [3.63, 3.8) is 0 Å². The lowest BCUT2D eigenvalue weighted by atomic mass is 10.0. The van der Waals surface area contributed by atoms with Crippen LogP contribution in [-0.4, -0.2) is 9.91 Å². The molecule has 0 spiro atoms. The summed E-state index contributed by atoms with van der Waals surface area (Å²) in [6.07, 6.45) is 3.48. The topological polar surface area (TPSA) is 68.1 Å². The van der Waals surface area contributed by atoms with Crippen molar-refractivity contribution < 1.29 is 4.92 Å². The third kappa shape index (κ3) is 3.19. The standard InChI is InChI=1S/C15H17N3O2/c1-11(13-7-9-16-10-8-13)17-12(2)14-5-3-4-6-15(14)18(19)20/h3-12,17H,1-2H3/t11-,12?/m0/s1. The van der Waals surface area contributed by atoms with Crippen LogP contribution in [0.5, 0.6) is 0 Å². The lowest BCUT2D eigenvalue weighted by Gasteiger charge is -2.20. The molecule has 1 N–H and O–H groups in total. The molecular weight excluding hydrogens is 254 g/mol. The van der Waals surface area contributed by atoms with Crippen LogP contribution in [0.2, 0.25) is 0 Å². The van der Waals surface area contributed by atoms with Gasteiger partial charge in [0.05, 0.1) is 4.92 Å². The molecule has 5 nitrogen and oxygen atoms in total. The average molecular weight is 271 g/mol. The van der Waals surface area contributed by atoms with Crippen LogP contribution in [0.3, 0.4) is 0 Å². The van der Waals surface area contributed by atoms with Crippen molar-refractivity contribution >= 4 is 5.69 Å². The number of hydrogen-bond acceptors (Lipinski definition) is 4. The molecule has 0 bridgehead atoms. The van der Waals surface area contributed by atoms with E-state index in [2.05, 4.69) is 10.3 Å². The van der Waals surface area contributed by atoms with Crippen molar-refractivity contribution in [1.82, 2.24) is 10.3 Å². The molecule has 0 amide bonds. The first-order chi connectivity index (χ1) is 9.59. The van der Waals surface area contributed by atoms with Crippen LogP contribution < -0.4 is 5.32 Å². The highest BCUT2D eigenvalue weighted by Crippen LogP contribution is 2.26. The molecule has 0 aliphatic heterocycles. The number of nitrogens with one attached hydrogen (secondary N) is 1. The Morgan fingerprint density at radius 2 is 1.75 bits per heavy atom.